The molecule has 0 bridgehead atoms. The quantitative estimate of drug-likeness (QED) is 0.00485. The van der Waals surface area contributed by atoms with Gasteiger partial charge in [-0.15, -0.1) is 0 Å². The minimum atomic E-state index is -1.77. The summed E-state index contributed by atoms with van der Waals surface area (Å²) in [5.74, 6) is -13.2. The summed E-state index contributed by atoms with van der Waals surface area (Å²) >= 11 is 6.05. The van der Waals surface area contributed by atoms with Gasteiger partial charge in [0, 0.05) is 76.1 Å². The molecule has 14 N–H and O–H groups in total. The zero-order valence-electron chi connectivity index (χ0n) is 54.0. The van der Waals surface area contributed by atoms with Crippen molar-refractivity contribution >= 4 is 151 Å². The highest BCUT2D eigenvalue weighted by molar-refractivity contribution is 8.76. The largest absolute Gasteiger partial charge is 0.497 e. The number of aromatic amines is 1. The number of benzene rings is 3. The number of Topliss-reactive ketones (excluding diaryl/α,β-unsaturated/α-hetero) is 2. The van der Waals surface area contributed by atoms with Gasteiger partial charge in [-0.25, -0.2) is 19.6 Å². The molecular formula is C63H71ClN14O21S2. The number of nitrogens with one attached hydrogen (secondary N) is 8. The number of fused-ring (bicyclic) bond motifs is 2. The number of ketones is 2. The van der Waals surface area contributed by atoms with Gasteiger partial charge in [0.1, 0.15) is 56.3 Å². The van der Waals surface area contributed by atoms with Gasteiger partial charge in [0.2, 0.25) is 23.7 Å². The van der Waals surface area contributed by atoms with Gasteiger partial charge in [0.25, 0.3) is 36.8 Å². The Morgan fingerprint density at radius 2 is 1.39 bits per heavy atom. The van der Waals surface area contributed by atoms with E-state index in [0.717, 1.165) is 21.6 Å². The molecule has 0 aliphatic rings. The number of guanidine groups is 1. The number of hydrogen-bond donors (Lipinski definition) is 12. The lowest BCUT2D eigenvalue weighted by atomic mass is 9.92. The highest BCUT2D eigenvalue weighted by Gasteiger charge is 2.35. The molecule has 0 spiro atoms. The first kappa shape index (κ1) is 78.8. The predicted molar refractivity (Wildman–Crippen MR) is 363 cm³/mol. The third-order valence-electron chi connectivity index (χ3n) is 15.0. The van der Waals surface area contributed by atoms with Crippen molar-refractivity contribution in [3.8, 4) is 5.75 Å². The van der Waals surface area contributed by atoms with Crippen LogP contribution in [0.5, 0.6) is 5.75 Å². The fourth-order valence-corrected chi connectivity index (χ4v) is 12.0. The van der Waals surface area contributed by atoms with Crippen molar-refractivity contribution in [1.82, 2.24) is 51.1 Å². The summed E-state index contributed by atoms with van der Waals surface area (Å²) < 4.78 is 26.8. The van der Waals surface area contributed by atoms with Crippen LogP contribution in [0.1, 0.15) is 76.2 Å². The molecule has 101 heavy (non-hydrogen) atoms. The Balaban J connectivity index is 1.02. The Kier molecular flexibility index (Phi) is 30.7. The van der Waals surface area contributed by atoms with Gasteiger partial charge in [0.05, 0.1) is 43.4 Å². The fourth-order valence-electron chi connectivity index (χ4n) is 9.89. The molecule has 0 saturated heterocycles. The highest BCUT2D eigenvalue weighted by Crippen LogP contribution is 2.32. The lowest BCUT2D eigenvalue weighted by Crippen LogP contribution is -2.50. The number of aliphatic carboxylic acids is 2. The summed E-state index contributed by atoms with van der Waals surface area (Å²) in [5, 5.41) is 43.5. The number of carboxylic acid groups (broad SMARTS) is 2. The summed E-state index contributed by atoms with van der Waals surface area (Å²) in [5.41, 5.74) is 13.1. The van der Waals surface area contributed by atoms with Crippen molar-refractivity contribution in [3.63, 3.8) is 0 Å². The molecule has 6 atom stereocenters. The second-order valence-corrected chi connectivity index (χ2v) is 25.1. The lowest BCUT2D eigenvalue weighted by Gasteiger charge is -2.25. The average molecular weight is 1460 g/mol. The molecule has 0 aliphatic heterocycles. The number of ether oxygens (including phenoxy) is 5. The Morgan fingerprint density at radius 3 is 2.03 bits per heavy atom. The molecule has 6 unspecified atom stereocenters. The first-order valence-electron chi connectivity index (χ1n) is 30.5. The Hall–Kier alpha value is -11.2. The fraction of sp³-hybridized carbons (Fsp3) is 0.365. The Bertz CT molecular complexity index is 4090. The van der Waals surface area contributed by atoms with E-state index in [4.69, 9.17) is 52.2 Å². The molecule has 35 nitrogen and oxygen atoms in total. The minimum absolute atomic E-state index is 0.0210. The van der Waals surface area contributed by atoms with E-state index < -0.39 is 146 Å². The number of carbonyl (C=O) groups excluding carboxylic acids is 11. The van der Waals surface area contributed by atoms with Gasteiger partial charge in [-0.3, -0.25) is 72.5 Å². The number of rotatable bonds is 44. The van der Waals surface area contributed by atoms with E-state index in [1.54, 1.807) is 49.4 Å². The van der Waals surface area contributed by atoms with Crippen LogP contribution >= 0.6 is 33.2 Å². The van der Waals surface area contributed by atoms with Crippen molar-refractivity contribution in [1.29, 1.82) is 5.41 Å². The molecule has 0 saturated carbocycles. The highest BCUT2D eigenvalue weighted by atomic mass is 35.5. The number of nitrogens with two attached hydrogens (primary N) is 2. The number of methoxy groups -OCH3 is 1. The number of aromatic nitrogens is 5. The topological polar surface area (TPSA) is 533 Å². The van der Waals surface area contributed by atoms with E-state index in [2.05, 4.69) is 51.8 Å². The maximum atomic E-state index is 14.2. The van der Waals surface area contributed by atoms with Gasteiger partial charge in [-0.1, -0.05) is 33.2 Å². The molecule has 538 valence electrons. The summed E-state index contributed by atoms with van der Waals surface area (Å²) in [6.45, 7) is -0.942. The van der Waals surface area contributed by atoms with E-state index in [0.29, 0.717) is 49.9 Å². The average Bonchev–Trinajstić information content (AvgIpc) is 1.62. The Morgan fingerprint density at radius 1 is 0.762 bits per heavy atom. The standard InChI is InChI=1S/C63H71ClN14O21S2/c1-33-42(43-22-41(95-2)13-15-48(43)78(33)59(90)35-5-9-38(64)10-6-35)23-52(85)99-18-19-100-101-29-47(61(93)94)75-57(88)37(26-96-30-79)21-50(83)46(28-98-32-81)74-56(87)36(4-3-17-68-62(65)66)20-49(82)45(27-97-31-80)72-51(84)16-14-44(60(91)92)73-55(86)34-7-11-39(12-8-34)69-24-40-25-70-54-53(71-40)58(89)77-63(67)76-54/h5-13,15,22,25,30-32,36-37,44-47,69H,3-4,14,16-21,23-24,26-29H2,1-2H3,(H,72,84)(H,73,86)(H,74,87)(H,75,88)(H,91,92)(H,93,94)(H4,65,66,68)(H3,67,70,76,77,89). The number of nitrogen functional groups attached to an aromatic ring is 1. The van der Waals surface area contributed by atoms with E-state index in [-0.39, 0.29) is 98.5 Å². The number of hydrogen-bond acceptors (Lipinski definition) is 27. The number of halogens is 1. The van der Waals surface area contributed by atoms with Crippen LogP contribution < -0.4 is 53.7 Å². The maximum absolute atomic E-state index is 14.2. The number of esters is 1. The first-order chi connectivity index (χ1) is 48.3. The van der Waals surface area contributed by atoms with E-state index in [1.807, 2.05) is 0 Å². The van der Waals surface area contributed by atoms with Crippen molar-refractivity contribution in [2.75, 3.05) is 62.6 Å². The van der Waals surface area contributed by atoms with Crippen LogP contribution in [0.15, 0.2) is 77.7 Å². The Labute approximate surface area is 586 Å². The smallest absolute Gasteiger partial charge is 0.327 e. The molecule has 3 aromatic carbocycles. The monoisotopic (exact) mass is 1460 g/mol. The van der Waals surface area contributed by atoms with Crippen molar-refractivity contribution < 1.29 is 96.2 Å². The first-order valence-corrected chi connectivity index (χ1v) is 33.4. The summed E-state index contributed by atoms with van der Waals surface area (Å²) in [4.78, 5) is 195. The SMILES string of the molecule is COc1ccc2c(c1)c(CC(=O)OCCSSCC(NC(=O)C(COC=O)CC(=O)C(COC=O)NC(=O)C(CCCNC(=N)N)CC(=O)C(COC=O)NC(=O)CCC(NC(=O)c1ccc(NCc3cnc4nc(N)[nH]c(=O)c4n3)cc1)C(=O)O)C(=O)O)c(C)n2C(=O)c1ccc(Cl)cc1. The van der Waals surface area contributed by atoms with Crippen LogP contribution in [-0.2, 0) is 84.7 Å². The van der Waals surface area contributed by atoms with Crippen LogP contribution in [0.2, 0.25) is 5.02 Å². The van der Waals surface area contributed by atoms with E-state index >= 15 is 0 Å². The van der Waals surface area contributed by atoms with Crippen molar-refractivity contribution in [2.24, 2.45) is 17.6 Å². The van der Waals surface area contributed by atoms with E-state index in [9.17, 15) is 77.3 Å². The van der Waals surface area contributed by atoms with Gasteiger partial charge in [-0.05, 0) is 98.5 Å². The van der Waals surface area contributed by atoms with Crippen LogP contribution in [0.3, 0.4) is 0 Å². The molecule has 38 heteroatoms. The summed E-state index contributed by atoms with van der Waals surface area (Å²) in [6.07, 6.45) is -1.78. The molecule has 4 amide bonds. The minimum Gasteiger partial charge on any atom is -0.497 e. The number of H-pyrrole nitrogens is 1. The maximum Gasteiger partial charge on any atom is 0.327 e. The summed E-state index contributed by atoms with van der Waals surface area (Å²) in [7, 11) is 3.54. The van der Waals surface area contributed by atoms with Crippen LogP contribution in [0.25, 0.3) is 22.1 Å². The third-order valence-corrected chi connectivity index (χ3v) is 17.7. The molecule has 0 radical (unpaired) electrons. The molecule has 6 rings (SSSR count). The molecule has 0 fully saturated rings. The predicted octanol–water partition coefficient (Wildman–Crippen LogP) is 1.12. The molecule has 3 heterocycles. The number of anilines is 2. The second-order valence-electron chi connectivity index (χ2n) is 22.0. The lowest BCUT2D eigenvalue weighted by molar-refractivity contribution is -0.144. The van der Waals surface area contributed by atoms with Gasteiger partial charge in [-0.2, -0.15) is 4.98 Å². The molecule has 0 aliphatic carbocycles. The third kappa shape index (κ3) is 24.0. The van der Waals surface area contributed by atoms with Crippen molar-refractivity contribution in [2.45, 2.75) is 82.6 Å². The van der Waals surface area contributed by atoms with Crippen LogP contribution in [-0.4, -0.2) is 195 Å². The number of carbonyl (C=O) groups is 13. The molecule has 3 aromatic heterocycles. The second kappa shape index (κ2) is 39.4. The number of amides is 4. The number of nitrogens with zero attached hydrogens (tertiary/aromatic N) is 4. The van der Waals surface area contributed by atoms with Gasteiger partial charge >= 0.3 is 17.9 Å². The van der Waals surface area contributed by atoms with Gasteiger partial charge in [0.15, 0.2) is 28.7 Å². The van der Waals surface area contributed by atoms with Crippen molar-refractivity contribution in [3.05, 3.63) is 116 Å². The number of carboxylic acids is 2. The zero-order chi connectivity index (χ0) is 73.7. The normalized spacial score (nSPS) is 12.7. The van der Waals surface area contributed by atoms with E-state index in [1.165, 1.54) is 42.1 Å². The van der Waals surface area contributed by atoms with Gasteiger partial charge < -0.3 is 77.3 Å². The summed E-state index contributed by atoms with van der Waals surface area (Å²) in [6, 6.07) is 10.5. The van der Waals surface area contributed by atoms with Crippen LogP contribution in [0.4, 0.5) is 11.6 Å². The molecular weight excluding hydrogens is 1390 g/mol. The zero-order valence-corrected chi connectivity index (χ0v) is 56.4. The van der Waals surface area contributed by atoms with Crippen LogP contribution in [0, 0.1) is 24.2 Å². The molecule has 6 aromatic rings.